The maximum atomic E-state index is 14.1. The van der Waals surface area contributed by atoms with E-state index in [9.17, 15) is 9.18 Å². The normalized spacial score (nSPS) is 13.3. The van der Waals surface area contributed by atoms with Gasteiger partial charge in [-0.1, -0.05) is 42.5 Å². The maximum Gasteiger partial charge on any atom is 0.317 e. The first-order valence-electron chi connectivity index (χ1n) is 8.60. The molecule has 2 N–H and O–H groups in total. The Morgan fingerprint density at radius 3 is 2.73 bits per heavy atom. The van der Waals surface area contributed by atoms with E-state index in [4.69, 9.17) is 0 Å². The lowest BCUT2D eigenvalue weighted by molar-refractivity contribution is 0.192. The predicted molar refractivity (Wildman–Crippen MR) is 96.8 cm³/mol. The Morgan fingerprint density at radius 2 is 1.92 bits per heavy atom. The molecule has 0 atom stereocenters. The average Bonchev–Trinajstić information content (AvgIpc) is 3.10. The second-order valence-electron chi connectivity index (χ2n) is 6.33. The minimum absolute atomic E-state index is 0.125. The third-order valence-electron chi connectivity index (χ3n) is 4.64. The van der Waals surface area contributed by atoms with Gasteiger partial charge >= 0.3 is 6.03 Å². The number of urea groups is 1. The van der Waals surface area contributed by atoms with Gasteiger partial charge in [0.15, 0.2) is 0 Å². The number of nitrogens with one attached hydrogen (secondary N) is 2. The minimum Gasteiger partial charge on any atom is -0.334 e. The number of fused-ring (bicyclic) bond motifs is 1. The molecule has 0 aliphatic carbocycles. The first-order chi connectivity index (χ1) is 12.7. The van der Waals surface area contributed by atoms with E-state index >= 15 is 0 Å². The van der Waals surface area contributed by atoms with Crippen LogP contribution in [0.2, 0.25) is 0 Å². The third-order valence-corrected chi connectivity index (χ3v) is 4.64. The average molecular weight is 350 g/mol. The summed E-state index contributed by atoms with van der Waals surface area (Å²) in [5.74, 6) is -0.313. The molecule has 2 aromatic carbocycles. The van der Waals surface area contributed by atoms with Crippen LogP contribution in [0.4, 0.5) is 9.18 Å². The van der Waals surface area contributed by atoms with E-state index in [-0.39, 0.29) is 11.8 Å². The van der Waals surface area contributed by atoms with Crippen molar-refractivity contribution in [2.75, 3.05) is 6.54 Å². The second-order valence-corrected chi connectivity index (χ2v) is 6.33. The number of rotatable bonds is 3. The molecule has 0 fully saturated rings. The Morgan fingerprint density at radius 1 is 1.15 bits per heavy atom. The van der Waals surface area contributed by atoms with Gasteiger partial charge in [-0.2, -0.15) is 5.10 Å². The molecule has 0 unspecified atom stereocenters. The lowest BCUT2D eigenvalue weighted by Crippen LogP contribution is -2.42. The van der Waals surface area contributed by atoms with Crippen LogP contribution in [-0.2, 0) is 19.5 Å². The van der Waals surface area contributed by atoms with Crippen LogP contribution >= 0.6 is 0 Å². The summed E-state index contributed by atoms with van der Waals surface area (Å²) in [7, 11) is 0. The number of carbonyl (C=O) groups excluding carboxylic acids is 1. The van der Waals surface area contributed by atoms with Crippen LogP contribution in [0.15, 0.2) is 54.6 Å². The lowest BCUT2D eigenvalue weighted by Gasteiger charge is -2.27. The molecule has 1 aliphatic rings. The van der Waals surface area contributed by atoms with Crippen molar-refractivity contribution in [3.05, 3.63) is 77.2 Å². The van der Waals surface area contributed by atoms with Gasteiger partial charge in [0.25, 0.3) is 0 Å². The summed E-state index contributed by atoms with van der Waals surface area (Å²) < 4.78 is 14.1. The van der Waals surface area contributed by atoms with Crippen molar-refractivity contribution < 1.29 is 9.18 Å². The van der Waals surface area contributed by atoms with E-state index in [1.165, 1.54) is 6.07 Å². The fourth-order valence-electron chi connectivity index (χ4n) is 3.23. The van der Waals surface area contributed by atoms with Crippen molar-refractivity contribution in [2.24, 2.45) is 0 Å². The molecular weight excluding hydrogens is 331 g/mol. The number of nitrogens with zero attached hydrogens (tertiary/aromatic N) is 2. The molecule has 1 aromatic heterocycles. The molecule has 4 rings (SSSR count). The molecule has 26 heavy (non-hydrogen) atoms. The molecular formula is C20H19FN4O. The number of aromatic amines is 1. The van der Waals surface area contributed by atoms with Gasteiger partial charge in [-0.05, 0) is 17.7 Å². The molecule has 2 heterocycles. The van der Waals surface area contributed by atoms with Crippen molar-refractivity contribution in [3.63, 3.8) is 0 Å². The molecule has 0 spiro atoms. The largest absolute Gasteiger partial charge is 0.334 e. The molecule has 1 aliphatic heterocycles. The number of H-pyrrole nitrogens is 1. The van der Waals surface area contributed by atoms with Gasteiger partial charge in [0.1, 0.15) is 11.5 Å². The standard InChI is InChI=1S/C20H19FN4O/c21-17-9-5-4-8-15(17)19-16-13-25(11-10-18(16)23-24-19)20(26)22-12-14-6-2-1-3-7-14/h1-9H,10-13H2,(H,22,26)(H,23,24). The molecule has 0 saturated heterocycles. The van der Waals surface area contributed by atoms with Gasteiger partial charge < -0.3 is 10.2 Å². The lowest BCUT2D eigenvalue weighted by atomic mass is 10.0. The zero-order valence-corrected chi connectivity index (χ0v) is 14.2. The summed E-state index contributed by atoms with van der Waals surface area (Å²) in [6, 6.07) is 16.2. The quantitative estimate of drug-likeness (QED) is 0.760. The van der Waals surface area contributed by atoms with Gasteiger partial charge in [-0.15, -0.1) is 0 Å². The van der Waals surface area contributed by atoms with Gasteiger partial charge in [-0.3, -0.25) is 5.10 Å². The fraction of sp³-hybridized carbons (Fsp3) is 0.200. The summed E-state index contributed by atoms with van der Waals surface area (Å²) in [6.07, 6.45) is 0.676. The number of carbonyl (C=O) groups is 1. The van der Waals surface area contributed by atoms with Gasteiger partial charge in [0, 0.05) is 36.3 Å². The molecule has 0 saturated carbocycles. The highest BCUT2D eigenvalue weighted by Gasteiger charge is 2.26. The predicted octanol–water partition coefficient (Wildman–Crippen LogP) is 3.48. The molecule has 2 amide bonds. The van der Waals surface area contributed by atoms with Crippen molar-refractivity contribution >= 4 is 6.03 Å². The highest BCUT2D eigenvalue weighted by Crippen LogP contribution is 2.29. The third kappa shape index (κ3) is 3.18. The minimum atomic E-state index is -0.313. The summed E-state index contributed by atoms with van der Waals surface area (Å²) in [4.78, 5) is 14.3. The van der Waals surface area contributed by atoms with E-state index in [0.717, 1.165) is 16.8 Å². The highest BCUT2D eigenvalue weighted by atomic mass is 19.1. The van der Waals surface area contributed by atoms with E-state index in [1.807, 2.05) is 30.3 Å². The van der Waals surface area contributed by atoms with Gasteiger partial charge in [-0.25, -0.2) is 9.18 Å². The van der Waals surface area contributed by atoms with Gasteiger partial charge in [0.2, 0.25) is 0 Å². The van der Waals surface area contributed by atoms with Crippen molar-refractivity contribution in [1.82, 2.24) is 20.4 Å². The zero-order chi connectivity index (χ0) is 17.9. The van der Waals surface area contributed by atoms with Gasteiger partial charge in [0.05, 0.1) is 6.54 Å². The van der Waals surface area contributed by atoms with E-state index in [2.05, 4.69) is 15.5 Å². The number of aromatic nitrogens is 2. The van der Waals surface area contributed by atoms with E-state index in [1.54, 1.807) is 23.1 Å². The Balaban J connectivity index is 1.50. The number of hydrogen-bond acceptors (Lipinski definition) is 2. The zero-order valence-electron chi connectivity index (χ0n) is 14.2. The summed E-state index contributed by atoms with van der Waals surface area (Å²) >= 11 is 0. The Hall–Kier alpha value is -3.15. The van der Waals surface area contributed by atoms with E-state index in [0.29, 0.717) is 37.3 Å². The monoisotopic (exact) mass is 350 g/mol. The fourth-order valence-corrected chi connectivity index (χ4v) is 3.23. The van der Waals surface area contributed by atoms with Crippen molar-refractivity contribution in [3.8, 4) is 11.3 Å². The van der Waals surface area contributed by atoms with E-state index < -0.39 is 0 Å². The van der Waals surface area contributed by atoms with Crippen LogP contribution in [0, 0.1) is 5.82 Å². The number of hydrogen-bond donors (Lipinski definition) is 2. The number of benzene rings is 2. The summed E-state index contributed by atoms with van der Waals surface area (Å²) in [5.41, 5.74) is 3.94. The van der Waals surface area contributed by atoms with Crippen molar-refractivity contribution in [2.45, 2.75) is 19.5 Å². The number of amides is 2. The molecule has 6 heteroatoms. The van der Waals surface area contributed by atoms with Crippen LogP contribution in [0.3, 0.4) is 0 Å². The Labute approximate surface area is 150 Å². The second kappa shape index (κ2) is 7.00. The van der Waals surface area contributed by atoms with Crippen LogP contribution in [0.1, 0.15) is 16.8 Å². The molecule has 0 radical (unpaired) electrons. The first kappa shape index (κ1) is 16.3. The molecule has 0 bridgehead atoms. The Kier molecular flexibility index (Phi) is 4.39. The maximum absolute atomic E-state index is 14.1. The first-order valence-corrected chi connectivity index (χ1v) is 8.60. The van der Waals surface area contributed by atoms with Crippen LogP contribution < -0.4 is 5.32 Å². The summed E-state index contributed by atoms with van der Waals surface area (Å²) in [6.45, 7) is 1.50. The smallest absolute Gasteiger partial charge is 0.317 e. The van der Waals surface area contributed by atoms with Crippen LogP contribution in [0.25, 0.3) is 11.3 Å². The Bertz CT molecular complexity index is 923. The molecule has 132 valence electrons. The van der Waals surface area contributed by atoms with Crippen LogP contribution in [-0.4, -0.2) is 27.7 Å². The van der Waals surface area contributed by atoms with Crippen molar-refractivity contribution in [1.29, 1.82) is 0 Å². The molecule has 3 aromatic rings. The number of halogens is 1. The summed E-state index contributed by atoms with van der Waals surface area (Å²) in [5, 5.41) is 10.2. The topological polar surface area (TPSA) is 61.0 Å². The molecule has 5 nitrogen and oxygen atoms in total. The SMILES string of the molecule is O=C(NCc1ccccc1)N1CCc2[nH]nc(-c3ccccc3F)c2C1. The highest BCUT2D eigenvalue weighted by molar-refractivity contribution is 5.75. The van der Waals surface area contributed by atoms with Crippen LogP contribution in [0.5, 0.6) is 0 Å².